The maximum absolute atomic E-state index is 11.8. The van der Waals surface area contributed by atoms with Gasteiger partial charge in [-0.25, -0.2) is 0 Å². The number of anilines is 1. The molecule has 0 radical (unpaired) electrons. The van der Waals surface area contributed by atoms with Gasteiger partial charge in [0.2, 0.25) is 5.91 Å². The predicted molar refractivity (Wildman–Crippen MR) is 80.2 cm³/mol. The predicted octanol–water partition coefficient (Wildman–Crippen LogP) is 2.28. The molecule has 0 atom stereocenters. The molecular weight excluding hydrogens is 288 g/mol. The first-order valence-corrected chi connectivity index (χ1v) is 7.04. The normalized spacial score (nSPS) is 13.3. The van der Waals surface area contributed by atoms with E-state index < -0.39 is 11.8 Å². The first kappa shape index (κ1) is 13.3. The molecule has 104 valence electrons. The maximum atomic E-state index is 11.8. The second-order valence-electron chi connectivity index (χ2n) is 4.38. The van der Waals surface area contributed by atoms with Gasteiger partial charge in [0.05, 0.1) is 11.1 Å². The number of imide groups is 1. The van der Waals surface area contributed by atoms with Gasteiger partial charge in [0, 0.05) is 16.6 Å². The van der Waals surface area contributed by atoms with Crippen molar-refractivity contribution in [3.8, 4) is 0 Å². The number of benzene rings is 1. The van der Waals surface area contributed by atoms with Gasteiger partial charge < -0.3 is 5.32 Å². The van der Waals surface area contributed by atoms with Gasteiger partial charge in [-0.1, -0.05) is 6.07 Å². The molecule has 0 fully saturated rings. The molecule has 2 aromatic rings. The Morgan fingerprint density at radius 3 is 2.71 bits per heavy atom. The van der Waals surface area contributed by atoms with E-state index in [0.29, 0.717) is 11.3 Å². The number of thiophene rings is 1. The molecule has 3 rings (SSSR count). The van der Waals surface area contributed by atoms with Crippen LogP contribution < -0.4 is 10.6 Å². The van der Waals surface area contributed by atoms with Gasteiger partial charge in [0.15, 0.2) is 0 Å². The van der Waals surface area contributed by atoms with Crippen LogP contribution in [0.3, 0.4) is 0 Å². The third-order valence-corrected chi connectivity index (χ3v) is 3.78. The van der Waals surface area contributed by atoms with Crippen molar-refractivity contribution >= 4 is 40.8 Å². The lowest BCUT2D eigenvalue weighted by molar-refractivity contribution is -0.111. The number of hydrogen-bond acceptors (Lipinski definition) is 4. The molecule has 3 amide bonds. The summed E-state index contributed by atoms with van der Waals surface area (Å²) in [5.74, 6) is -1.15. The lowest BCUT2D eigenvalue weighted by Gasteiger charge is -2.03. The van der Waals surface area contributed by atoms with Crippen molar-refractivity contribution in [3.05, 3.63) is 57.8 Å². The molecule has 0 spiro atoms. The molecule has 21 heavy (non-hydrogen) atoms. The second kappa shape index (κ2) is 5.34. The van der Waals surface area contributed by atoms with E-state index >= 15 is 0 Å². The van der Waals surface area contributed by atoms with E-state index in [-0.39, 0.29) is 11.5 Å². The summed E-state index contributed by atoms with van der Waals surface area (Å²) < 4.78 is 0. The second-order valence-corrected chi connectivity index (χ2v) is 5.36. The Morgan fingerprint density at radius 2 is 1.95 bits per heavy atom. The molecule has 6 heteroatoms. The Bertz CT molecular complexity index is 763. The summed E-state index contributed by atoms with van der Waals surface area (Å²) in [5.41, 5.74) is 1.08. The largest absolute Gasteiger partial charge is 0.322 e. The van der Waals surface area contributed by atoms with Gasteiger partial charge in [0.25, 0.3) is 11.8 Å². The van der Waals surface area contributed by atoms with Crippen LogP contribution in [0.1, 0.15) is 25.6 Å². The highest BCUT2D eigenvalue weighted by molar-refractivity contribution is 7.10. The van der Waals surface area contributed by atoms with Crippen LogP contribution in [0.2, 0.25) is 0 Å². The highest BCUT2D eigenvalue weighted by Crippen LogP contribution is 2.20. The van der Waals surface area contributed by atoms with Crippen LogP contribution >= 0.6 is 11.3 Å². The summed E-state index contributed by atoms with van der Waals surface area (Å²) in [6.07, 6.45) is 3.13. The maximum Gasteiger partial charge on any atom is 0.259 e. The highest BCUT2D eigenvalue weighted by Gasteiger charge is 2.26. The fourth-order valence-electron chi connectivity index (χ4n) is 1.97. The number of amides is 3. The lowest BCUT2D eigenvalue weighted by atomic mass is 10.1. The minimum absolute atomic E-state index is 0.278. The van der Waals surface area contributed by atoms with E-state index in [1.54, 1.807) is 12.1 Å². The first-order chi connectivity index (χ1) is 10.1. The van der Waals surface area contributed by atoms with Gasteiger partial charge in [-0.15, -0.1) is 11.3 Å². The fraction of sp³-hybridized carbons (Fsp3) is 0. The average Bonchev–Trinajstić information content (AvgIpc) is 3.06. The molecule has 0 saturated carbocycles. The van der Waals surface area contributed by atoms with Crippen LogP contribution in [0.4, 0.5) is 5.69 Å². The van der Waals surface area contributed by atoms with Crippen molar-refractivity contribution in [2.45, 2.75) is 0 Å². The molecule has 2 N–H and O–H groups in total. The minimum Gasteiger partial charge on any atom is -0.322 e. The lowest BCUT2D eigenvalue weighted by Crippen LogP contribution is -2.19. The van der Waals surface area contributed by atoms with E-state index in [4.69, 9.17) is 0 Å². The number of nitrogens with one attached hydrogen (secondary N) is 2. The third kappa shape index (κ3) is 2.75. The molecule has 1 aliphatic heterocycles. The summed E-state index contributed by atoms with van der Waals surface area (Å²) in [4.78, 5) is 35.7. The summed E-state index contributed by atoms with van der Waals surface area (Å²) >= 11 is 1.53. The van der Waals surface area contributed by atoms with Crippen molar-refractivity contribution in [3.63, 3.8) is 0 Å². The number of carbonyl (C=O) groups excluding carboxylic acids is 3. The van der Waals surface area contributed by atoms with Crippen LogP contribution in [0.5, 0.6) is 0 Å². The van der Waals surface area contributed by atoms with E-state index in [2.05, 4.69) is 10.6 Å². The Labute approximate surface area is 124 Å². The molecule has 5 nitrogen and oxygen atoms in total. The summed E-state index contributed by atoms with van der Waals surface area (Å²) in [6.45, 7) is 0. The minimum atomic E-state index is -0.444. The SMILES string of the molecule is O=C(/C=C/c1cccs1)Nc1ccc2c(c1)C(=O)NC2=O. The molecule has 2 heterocycles. The molecule has 0 unspecified atom stereocenters. The Hall–Kier alpha value is -2.73. The van der Waals surface area contributed by atoms with Crippen molar-refractivity contribution < 1.29 is 14.4 Å². The van der Waals surface area contributed by atoms with Crippen molar-refractivity contribution in [2.75, 3.05) is 5.32 Å². The number of carbonyl (C=O) groups is 3. The van der Waals surface area contributed by atoms with Gasteiger partial charge in [-0.3, -0.25) is 19.7 Å². The van der Waals surface area contributed by atoms with Crippen molar-refractivity contribution in [2.24, 2.45) is 0 Å². The van der Waals surface area contributed by atoms with Gasteiger partial charge >= 0.3 is 0 Å². The quantitative estimate of drug-likeness (QED) is 0.674. The molecule has 0 bridgehead atoms. The monoisotopic (exact) mass is 298 g/mol. The van der Waals surface area contributed by atoms with E-state index in [1.807, 2.05) is 17.5 Å². The van der Waals surface area contributed by atoms with Gasteiger partial charge in [0.1, 0.15) is 0 Å². The summed E-state index contributed by atoms with van der Waals surface area (Å²) in [7, 11) is 0. The molecule has 1 aromatic carbocycles. The Kier molecular flexibility index (Phi) is 3.37. The number of hydrogen-bond donors (Lipinski definition) is 2. The van der Waals surface area contributed by atoms with E-state index in [1.165, 1.54) is 29.5 Å². The van der Waals surface area contributed by atoms with Crippen molar-refractivity contribution in [1.82, 2.24) is 5.32 Å². The summed E-state index contributed by atoms with van der Waals surface area (Å²) in [5, 5.41) is 6.78. The molecule has 0 aliphatic carbocycles. The third-order valence-electron chi connectivity index (χ3n) is 2.95. The molecule has 1 aromatic heterocycles. The highest BCUT2D eigenvalue weighted by atomic mass is 32.1. The zero-order chi connectivity index (χ0) is 14.8. The number of rotatable bonds is 3. The fourth-order valence-corrected chi connectivity index (χ4v) is 2.59. The number of fused-ring (bicyclic) bond motifs is 1. The van der Waals surface area contributed by atoms with Crippen molar-refractivity contribution in [1.29, 1.82) is 0 Å². The van der Waals surface area contributed by atoms with Crippen LogP contribution in [-0.2, 0) is 4.79 Å². The van der Waals surface area contributed by atoms with Crippen LogP contribution in [0.25, 0.3) is 6.08 Å². The summed E-state index contributed by atoms with van der Waals surface area (Å²) in [6, 6.07) is 8.41. The zero-order valence-corrected chi connectivity index (χ0v) is 11.6. The average molecular weight is 298 g/mol. The first-order valence-electron chi connectivity index (χ1n) is 6.16. The van der Waals surface area contributed by atoms with Crippen LogP contribution in [0, 0.1) is 0 Å². The molecule has 1 aliphatic rings. The smallest absolute Gasteiger partial charge is 0.259 e. The molecule has 0 saturated heterocycles. The van der Waals surface area contributed by atoms with E-state index in [9.17, 15) is 14.4 Å². The Morgan fingerprint density at radius 1 is 1.14 bits per heavy atom. The Balaban J connectivity index is 1.74. The topological polar surface area (TPSA) is 75.3 Å². The van der Waals surface area contributed by atoms with Gasteiger partial charge in [-0.05, 0) is 35.7 Å². The zero-order valence-electron chi connectivity index (χ0n) is 10.8. The van der Waals surface area contributed by atoms with Crippen LogP contribution in [0.15, 0.2) is 41.8 Å². The van der Waals surface area contributed by atoms with E-state index in [0.717, 1.165) is 4.88 Å². The van der Waals surface area contributed by atoms with Gasteiger partial charge in [-0.2, -0.15) is 0 Å². The molecular formula is C15H10N2O3S. The van der Waals surface area contributed by atoms with Crippen LogP contribution in [-0.4, -0.2) is 17.7 Å². The standard InChI is InChI=1S/C15H10N2O3S/c18-13(6-4-10-2-1-7-21-10)16-9-3-5-11-12(8-9)15(20)17-14(11)19/h1-8H,(H,16,18)(H,17,19,20)/b6-4+.